The van der Waals surface area contributed by atoms with Gasteiger partial charge in [-0.05, 0) is 0 Å². The van der Waals surface area contributed by atoms with Gasteiger partial charge in [0.05, 0.1) is 14.2 Å². The molecule has 0 heterocycles. The Bertz CT molecular complexity index is 367. The Morgan fingerprint density at radius 1 is 1.29 bits per heavy atom. The van der Waals surface area contributed by atoms with Crippen molar-refractivity contribution >= 4 is 11.1 Å². The summed E-state index contributed by atoms with van der Waals surface area (Å²) in [7, 11) is 2.71. The van der Waals surface area contributed by atoms with Crippen molar-refractivity contribution in [2.45, 2.75) is 4.90 Å². The molecule has 78 valence electrons. The third-order valence-electron chi connectivity index (χ3n) is 1.63. The van der Waals surface area contributed by atoms with E-state index in [9.17, 15) is 8.60 Å². The third kappa shape index (κ3) is 2.02. The van der Waals surface area contributed by atoms with E-state index in [1.807, 2.05) is 0 Å². The zero-order valence-corrected chi connectivity index (χ0v) is 8.43. The van der Waals surface area contributed by atoms with E-state index in [0.29, 0.717) is 0 Å². The Labute approximate surface area is 82.9 Å². The van der Waals surface area contributed by atoms with Gasteiger partial charge in [-0.2, -0.15) is 0 Å². The molecule has 0 spiro atoms. The van der Waals surface area contributed by atoms with Gasteiger partial charge >= 0.3 is 0 Å². The van der Waals surface area contributed by atoms with Gasteiger partial charge < -0.3 is 14.0 Å². The lowest BCUT2D eigenvalue weighted by atomic mass is 10.3. The van der Waals surface area contributed by atoms with Crippen LogP contribution in [0.3, 0.4) is 0 Å². The summed E-state index contributed by atoms with van der Waals surface area (Å²) in [6, 6.07) is 2.13. The van der Waals surface area contributed by atoms with Crippen molar-refractivity contribution in [3.8, 4) is 11.5 Å². The molecule has 0 amide bonds. The third-order valence-corrected chi connectivity index (χ3v) is 2.32. The van der Waals surface area contributed by atoms with Gasteiger partial charge in [0.2, 0.25) is 0 Å². The summed E-state index contributed by atoms with van der Waals surface area (Å²) >= 11 is -2.37. The van der Waals surface area contributed by atoms with Gasteiger partial charge in [-0.3, -0.25) is 0 Å². The minimum absolute atomic E-state index is 0.180. The van der Waals surface area contributed by atoms with Crippen molar-refractivity contribution in [2.24, 2.45) is 0 Å². The van der Waals surface area contributed by atoms with Gasteiger partial charge in [0, 0.05) is 12.1 Å². The first-order chi connectivity index (χ1) is 6.60. The fraction of sp³-hybridized carbons (Fsp3) is 0.250. The molecule has 1 rings (SSSR count). The Balaban J connectivity index is 3.30. The largest absolute Gasteiger partial charge is 0.493 e. The first-order valence-corrected chi connectivity index (χ1v) is 4.73. The number of rotatable bonds is 3. The molecule has 0 bridgehead atoms. The second-order valence-electron chi connectivity index (χ2n) is 2.39. The van der Waals surface area contributed by atoms with Gasteiger partial charge in [0.1, 0.15) is 10.7 Å². The molecule has 0 fully saturated rings. The zero-order chi connectivity index (χ0) is 10.7. The topological polar surface area (TPSA) is 55.8 Å². The SMILES string of the molecule is COc1cc(F)c(S(=O)O)cc1OC. The van der Waals surface area contributed by atoms with Gasteiger partial charge in [-0.15, -0.1) is 0 Å². The summed E-state index contributed by atoms with van der Waals surface area (Å²) in [5, 5.41) is 0. The van der Waals surface area contributed by atoms with E-state index in [-0.39, 0.29) is 16.4 Å². The molecule has 4 nitrogen and oxygen atoms in total. The second kappa shape index (κ2) is 4.39. The van der Waals surface area contributed by atoms with E-state index in [4.69, 9.17) is 14.0 Å². The molecule has 1 N–H and O–H groups in total. The number of benzene rings is 1. The van der Waals surface area contributed by atoms with E-state index in [2.05, 4.69) is 0 Å². The minimum atomic E-state index is -2.37. The summed E-state index contributed by atoms with van der Waals surface area (Å²) in [6.45, 7) is 0. The maximum absolute atomic E-state index is 13.1. The van der Waals surface area contributed by atoms with E-state index in [1.54, 1.807) is 0 Å². The molecule has 1 atom stereocenters. The molecule has 0 aliphatic carbocycles. The van der Waals surface area contributed by atoms with Crippen molar-refractivity contribution in [1.82, 2.24) is 0 Å². The van der Waals surface area contributed by atoms with Crippen molar-refractivity contribution in [3.05, 3.63) is 17.9 Å². The van der Waals surface area contributed by atoms with Crippen LogP contribution in [0.5, 0.6) is 11.5 Å². The molecule has 1 unspecified atom stereocenters. The molecule has 0 saturated carbocycles. The Kier molecular flexibility index (Phi) is 3.43. The van der Waals surface area contributed by atoms with Gasteiger partial charge in [0.15, 0.2) is 22.6 Å². The highest BCUT2D eigenvalue weighted by molar-refractivity contribution is 7.79. The van der Waals surface area contributed by atoms with E-state index in [1.165, 1.54) is 14.2 Å². The zero-order valence-electron chi connectivity index (χ0n) is 7.61. The highest BCUT2D eigenvalue weighted by Crippen LogP contribution is 2.30. The molecular formula is C8H9FO4S. The Morgan fingerprint density at radius 2 is 1.79 bits per heavy atom. The number of hydrogen-bond donors (Lipinski definition) is 1. The lowest BCUT2D eigenvalue weighted by molar-refractivity contribution is 0.350. The van der Waals surface area contributed by atoms with E-state index < -0.39 is 16.9 Å². The van der Waals surface area contributed by atoms with Gasteiger partial charge in [-0.25, -0.2) is 8.60 Å². The standard InChI is InChI=1S/C8H9FO4S/c1-12-6-3-5(9)8(14(10)11)4-7(6)13-2/h3-4H,1-2H3,(H,10,11). The molecule has 0 saturated heterocycles. The van der Waals surface area contributed by atoms with Crippen LogP contribution in [0.2, 0.25) is 0 Å². The highest BCUT2D eigenvalue weighted by Gasteiger charge is 2.14. The number of halogens is 1. The Hall–Kier alpha value is -1.14. The summed E-state index contributed by atoms with van der Waals surface area (Å²) in [6.07, 6.45) is 0. The Morgan fingerprint density at radius 3 is 2.21 bits per heavy atom. The van der Waals surface area contributed by atoms with E-state index >= 15 is 0 Å². The predicted octanol–water partition coefficient (Wildman–Crippen LogP) is 1.42. The van der Waals surface area contributed by atoms with Crippen LogP contribution in [0.15, 0.2) is 17.0 Å². The van der Waals surface area contributed by atoms with Gasteiger partial charge in [0.25, 0.3) is 0 Å². The monoisotopic (exact) mass is 220 g/mol. The van der Waals surface area contributed by atoms with Crippen LogP contribution in [-0.4, -0.2) is 23.0 Å². The number of hydrogen-bond acceptors (Lipinski definition) is 3. The molecule has 1 aromatic rings. The molecule has 0 aliphatic rings. The van der Waals surface area contributed by atoms with Crippen molar-refractivity contribution in [3.63, 3.8) is 0 Å². The molecule has 14 heavy (non-hydrogen) atoms. The first-order valence-electron chi connectivity index (χ1n) is 3.62. The van der Waals surface area contributed by atoms with Crippen LogP contribution in [-0.2, 0) is 11.1 Å². The average molecular weight is 220 g/mol. The lowest BCUT2D eigenvalue weighted by Gasteiger charge is -2.08. The van der Waals surface area contributed by atoms with Crippen LogP contribution < -0.4 is 9.47 Å². The first kappa shape index (κ1) is 10.9. The maximum atomic E-state index is 13.1. The summed E-state index contributed by atoms with van der Waals surface area (Å²) in [4.78, 5) is -0.331. The molecular weight excluding hydrogens is 211 g/mol. The molecule has 0 aromatic heterocycles. The smallest absolute Gasteiger partial charge is 0.189 e. The lowest BCUT2D eigenvalue weighted by Crippen LogP contribution is -1.97. The second-order valence-corrected chi connectivity index (χ2v) is 3.32. The highest BCUT2D eigenvalue weighted by atomic mass is 32.2. The predicted molar refractivity (Wildman–Crippen MR) is 48.5 cm³/mol. The summed E-state index contributed by atoms with van der Waals surface area (Å²) < 4.78 is 42.2. The van der Waals surface area contributed by atoms with Crippen molar-refractivity contribution in [2.75, 3.05) is 14.2 Å². The number of ether oxygens (including phenoxy) is 2. The van der Waals surface area contributed by atoms with Crippen LogP contribution in [0.1, 0.15) is 0 Å². The fourth-order valence-electron chi connectivity index (χ4n) is 0.969. The maximum Gasteiger partial charge on any atom is 0.189 e. The van der Waals surface area contributed by atoms with Crippen LogP contribution in [0.4, 0.5) is 4.39 Å². The normalized spacial score (nSPS) is 12.3. The molecule has 0 aliphatic heterocycles. The van der Waals surface area contributed by atoms with E-state index in [0.717, 1.165) is 12.1 Å². The summed E-state index contributed by atoms with van der Waals surface area (Å²) in [5.74, 6) is -0.408. The van der Waals surface area contributed by atoms with Crippen LogP contribution >= 0.6 is 0 Å². The molecule has 6 heteroatoms. The summed E-state index contributed by atoms with van der Waals surface area (Å²) in [5.41, 5.74) is 0. The van der Waals surface area contributed by atoms with Crippen LogP contribution in [0.25, 0.3) is 0 Å². The minimum Gasteiger partial charge on any atom is -0.493 e. The molecule has 1 aromatic carbocycles. The fourth-order valence-corrected chi connectivity index (χ4v) is 1.40. The van der Waals surface area contributed by atoms with Crippen molar-refractivity contribution < 1.29 is 22.6 Å². The van der Waals surface area contributed by atoms with Crippen molar-refractivity contribution in [1.29, 1.82) is 0 Å². The average Bonchev–Trinajstić information content (AvgIpc) is 2.16. The quantitative estimate of drug-likeness (QED) is 0.783. The number of methoxy groups -OCH3 is 2. The van der Waals surface area contributed by atoms with Crippen LogP contribution in [0, 0.1) is 5.82 Å². The molecule has 0 radical (unpaired) electrons. The van der Waals surface area contributed by atoms with Gasteiger partial charge in [-0.1, -0.05) is 0 Å².